The minimum Gasteiger partial charge on any atom is -0.339 e. The summed E-state index contributed by atoms with van der Waals surface area (Å²) in [5.74, 6) is 0.887. The zero-order valence-electron chi connectivity index (χ0n) is 13.1. The first-order chi connectivity index (χ1) is 11.5. The molecule has 0 atom stereocenters. The van der Waals surface area contributed by atoms with Crippen molar-refractivity contribution in [3.8, 4) is 0 Å². The van der Waals surface area contributed by atoms with E-state index in [2.05, 4.69) is 25.4 Å². The lowest BCUT2D eigenvalue weighted by Crippen LogP contribution is -2.26. The third kappa shape index (κ3) is 4.12. The molecule has 128 valence electrons. The van der Waals surface area contributed by atoms with E-state index in [0.29, 0.717) is 17.5 Å². The fourth-order valence-corrected chi connectivity index (χ4v) is 2.68. The van der Waals surface area contributed by atoms with Gasteiger partial charge in [-0.25, -0.2) is 0 Å². The molecule has 1 aromatic heterocycles. The minimum atomic E-state index is -4.38. The Balaban J connectivity index is 1.77. The quantitative estimate of drug-likeness (QED) is 0.917. The Labute approximate surface area is 137 Å². The van der Waals surface area contributed by atoms with Crippen molar-refractivity contribution < 1.29 is 13.2 Å². The first-order valence-corrected chi connectivity index (χ1v) is 7.91. The van der Waals surface area contributed by atoms with E-state index in [1.165, 1.54) is 25.1 Å². The van der Waals surface area contributed by atoms with Gasteiger partial charge in [-0.05, 0) is 31.0 Å². The van der Waals surface area contributed by atoms with Crippen molar-refractivity contribution in [1.29, 1.82) is 0 Å². The summed E-state index contributed by atoms with van der Waals surface area (Å²) in [6, 6.07) is 5.00. The topological polar surface area (TPSA) is 53.9 Å². The average molecular weight is 337 g/mol. The molecule has 0 spiro atoms. The van der Waals surface area contributed by atoms with E-state index in [0.717, 1.165) is 38.1 Å². The molecule has 0 saturated carbocycles. The van der Waals surface area contributed by atoms with Gasteiger partial charge < -0.3 is 10.2 Å². The number of hydrogen-bond donors (Lipinski definition) is 1. The van der Waals surface area contributed by atoms with Crippen LogP contribution in [0.15, 0.2) is 30.5 Å². The Bertz CT molecular complexity index is 681. The number of aromatic nitrogens is 3. The summed E-state index contributed by atoms with van der Waals surface area (Å²) in [6.07, 6.45) is 1.56. The van der Waals surface area contributed by atoms with Gasteiger partial charge in [0.15, 0.2) is 5.82 Å². The van der Waals surface area contributed by atoms with Crippen molar-refractivity contribution in [1.82, 2.24) is 15.2 Å². The molecule has 8 heteroatoms. The highest BCUT2D eigenvalue weighted by atomic mass is 19.4. The predicted octanol–water partition coefficient (Wildman–Crippen LogP) is 4.01. The van der Waals surface area contributed by atoms with Gasteiger partial charge in [0.1, 0.15) is 0 Å². The number of rotatable bonds is 3. The molecule has 1 aliphatic heterocycles. The summed E-state index contributed by atoms with van der Waals surface area (Å²) < 4.78 is 38.3. The molecule has 0 aliphatic carbocycles. The molecule has 2 aromatic rings. The molecule has 1 aromatic carbocycles. The van der Waals surface area contributed by atoms with Crippen LogP contribution in [0, 0.1) is 0 Å². The molecule has 3 rings (SSSR count). The molecule has 24 heavy (non-hydrogen) atoms. The lowest BCUT2D eigenvalue weighted by molar-refractivity contribution is -0.137. The molecule has 1 fully saturated rings. The van der Waals surface area contributed by atoms with Crippen molar-refractivity contribution in [2.24, 2.45) is 0 Å². The summed E-state index contributed by atoms with van der Waals surface area (Å²) in [5, 5.41) is 10.8. The van der Waals surface area contributed by atoms with Crippen LogP contribution in [0.3, 0.4) is 0 Å². The maximum atomic E-state index is 12.8. The maximum Gasteiger partial charge on any atom is 0.416 e. The Hall–Kier alpha value is -2.38. The molecule has 1 N–H and O–H groups in total. The van der Waals surface area contributed by atoms with Gasteiger partial charge in [-0.2, -0.15) is 23.3 Å². The van der Waals surface area contributed by atoms with E-state index in [1.54, 1.807) is 6.07 Å². The Morgan fingerprint density at radius 3 is 2.50 bits per heavy atom. The Morgan fingerprint density at radius 2 is 1.79 bits per heavy atom. The van der Waals surface area contributed by atoms with Crippen LogP contribution in [0.1, 0.15) is 31.2 Å². The number of halogens is 3. The lowest BCUT2D eigenvalue weighted by Gasteiger charge is -2.19. The van der Waals surface area contributed by atoms with Crippen molar-refractivity contribution in [2.45, 2.75) is 31.9 Å². The molecule has 0 amide bonds. The summed E-state index contributed by atoms with van der Waals surface area (Å²) in [7, 11) is 0. The van der Waals surface area contributed by atoms with Crippen LogP contribution in [-0.4, -0.2) is 28.3 Å². The molecule has 0 unspecified atom stereocenters. The predicted molar refractivity (Wildman–Crippen MR) is 85.2 cm³/mol. The molecule has 1 saturated heterocycles. The summed E-state index contributed by atoms with van der Waals surface area (Å²) in [4.78, 5) is 6.45. The Morgan fingerprint density at radius 1 is 1.04 bits per heavy atom. The van der Waals surface area contributed by atoms with Crippen LogP contribution < -0.4 is 10.2 Å². The van der Waals surface area contributed by atoms with Gasteiger partial charge in [-0.1, -0.05) is 18.9 Å². The largest absolute Gasteiger partial charge is 0.416 e. The zero-order chi connectivity index (χ0) is 17.0. The van der Waals surface area contributed by atoms with Crippen LogP contribution in [0.2, 0.25) is 0 Å². The van der Waals surface area contributed by atoms with Crippen LogP contribution in [-0.2, 0) is 6.18 Å². The molecule has 0 radical (unpaired) electrons. The van der Waals surface area contributed by atoms with Crippen molar-refractivity contribution in [3.05, 3.63) is 36.0 Å². The second kappa shape index (κ2) is 7.02. The molecule has 5 nitrogen and oxygen atoms in total. The van der Waals surface area contributed by atoms with Gasteiger partial charge in [0.05, 0.1) is 11.8 Å². The van der Waals surface area contributed by atoms with Gasteiger partial charge in [0.2, 0.25) is 5.95 Å². The minimum absolute atomic E-state index is 0.312. The number of benzene rings is 1. The van der Waals surface area contributed by atoms with Gasteiger partial charge in [0.25, 0.3) is 0 Å². The fourth-order valence-electron chi connectivity index (χ4n) is 2.68. The van der Waals surface area contributed by atoms with Gasteiger partial charge >= 0.3 is 6.18 Å². The number of alkyl halides is 3. The second-order valence-electron chi connectivity index (χ2n) is 5.75. The average Bonchev–Trinajstić information content (AvgIpc) is 2.84. The summed E-state index contributed by atoms with van der Waals surface area (Å²) in [6.45, 7) is 1.74. The first-order valence-electron chi connectivity index (χ1n) is 7.91. The molecule has 1 aliphatic rings. The summed E-state index contributed by atoms with van der Waals surface area (Å²) in [5.41, 5.74) is -0.394. The monoisotopic (exact) mass is 337 g/mol. The van der Waals surface area contributed by atoms with E-state index in [1.807, 2.05) is 0 Å². The van der Waals surface area contributed by atoms with Crippen LogP contribution in [0.5, 0.6) is 0 Å². The number of anilines is 3. The lowest BCUT2D eigenvalue weighted by atomic mass is 10.2. The Kier molecular flexibility index (Phi) is 4.82. The van der Waals surface area contributed by atoms with E-state index < -0.39 is 11.7 Å². The first kappa shape index (κ1) is 16.5. The van der Waals surface area contributed by atoms with Gasteiger partial charge in [0, 0.05) is 18.8 Å². The van der Waals surface area contributed by atoms with Crippen LogP contribution in [0.4, 0.5) is 30.6 Å². The highest BCUT2D eigenvalue weighted by Crippen LogP contribution is 2.31. The molecular formula is C16H18F3N5. The summed E-state index contributed by atoms with van der Waals surface area (Å²) >= 11 is 0. The van der Waals surface area contributed by atoms with Crippen LogP contribution in [0.25, 0.3) is 0 Å². The van der Waals surface area contributed by atoms with Crippen LogP contribution >= 0.6 is 0 Å². The zero-order valence-corrected chi connectivity index (χ0v) is 13.1. The van der Waals surface area contributed by atoms with E-state index in [9.17, 15) is 13.2 Å². The van der Waals surface area contributed by atoms with Gasteiger partial charge in [-0.15, -0.1) is 5.10 Å². The second-order valence-corrected chi connectivity index (χ2v) is 5.75. The number of nitrogens with zero attached hydrogens (tertiary/aromatic N) is 4. The van der Waals surface area contributed by atoms with E-state index in [4.69, 9.17) is 0 Å². The smallest absolute Gasteiger partial charge is 0.339 e. The third-order valence-electron chi connectivity index (χ3n) is 3.90. The number of nitrogens with one attached hydrogen (secondary N) is 1. The van der Waals surface area contributed by atoms with Gasteiger partial charge in [-0.3, -0.25) is 0 Å². The van der Waals surface area contributed by atoms with E-state index in [-0.39, 0.29) is 0 Å². The number of hydrogen-bond acceptors (Lipinski definition) is 5. The fraction of sp³-hybridized carbons (Fsp3) is 0.438. The molecular weight excluding hydrogens is 319 g/mol. The van der Waals surface area contributed by atoms with Crippen molar-refractivity contribution in [3.63, 3.8) is 0 Å². The van der Waals surface area contributed by atoms with Crippen molar-refractivity contribution in [2.75, 3.05) is 23.3 Å². The SMILES string of the molecule is FC(F)(F)c1cccc(Nc2cnnc(N3CCCCCC3)n2)c1. The van der Waals surface area contributed by atoms with Crippen molar-refractivity contribution >= 4 is 17.5 Å². The highest BCUT2D eigenvalue weighted by molar-refractivity contribution is 5.57. The third-order valence-corrected chi connectivity index (χ3v) is 3.90. The standard InChI is InChI=1S/C16H18F3N5/c17-16(18,19)12-6-5-7-13(10-12)21-14-11-20-23-15(22-14)24-8-3-1-2-4-9-24/h5-7,10-11H,1-4,8-9H2,(H,21,22,23). The normalized spacial score (nSPS) is 15.9. The van der Waals surface area contributed by atoms with E-state index >= 15 is 0 Å². The molecule has 0 bridgehead atoms. The molecule has 2 heterocycles. The maximum absolute atomic E-state index is 12.8. The highest BCUT2D eigenvalue weighted by Gasteiger charge is 2.30.